The Kier molecular flexibility index (Phi) is 3.49. The molecule has 0 aliphatic carbocycles. The van der Waals surface area contributed by atoms with Crippen molar-refractivity contribution in [3.05, 3.63) is 30.3 Å². The van der Waals surface area contributed by atoms with Crippen LogP contribution in [0.2, 0.25) is 0 Å². The van der Waals surface area contributed by atoms with E-state index in [1.54, 1.807) is 24.3 Å². The molecule has 0 saturated carbocycles. The highest BCUT2D eigenvalue weighted by atomic mass is 16.2. The Morgan fingerprint density at radius 3 is 2.43 bits per heavy atom. The van der Waals surface area contributed by atoms with Crippen molar-refractivity contribution < 1.29 is 9.59 Å². The van der Waals surface area contributed by atoms with Crippen LogP contribution in [0.5, 0.6) is 0 Å². The first-order valence-corrected chi connectivity index (χ1v) is 4.06. The topological polar surface area (TPSA) is 84.2 Å². The van der Waals surface area contributed by atoms with Gasteiger partial charge in [0.2, 0.25) is 5.91 Å². The summed E-state index contributed by atoms with van der Waals surface area (Å²) in [5.74, 6) is -0.576. The fraction of sp³-hybridized carbons (Fsp3) is 0.111. The number of nitrogens with two attached hydrogens (primary N) is 1. The van der Waals surface area contributed by atoms with Crippen LogP contribution < -0.4 is 16.4 Å². The third-order valence-electron chi connectivity index (χ3n) is 1.45. The number of carbonyl (C=O) groups excluding carboxylic acids is 2. The van der Waals surface area contributed by atoms with E-state index in [1.807, 2.05) is 6.07 Å². The van der Waals surface area contributed by atoms with E-state index in [1.165, 1.54) is 0 Å². The Labute approximate surface area is 81.3 Å². The highest BCUT2D eigenvalue weighted by molar-refractivity contribution is 5.91. The summed E-state index contributed by atoms with van der Waals surface area (Å²) in [5, 5.41) is 4.85. The van der Waals surface area contributed by atoms with E-state index in [9.17, 15) is 9.59 Å². The summed E-state index contributed by atoms with van der Waals surface area (Å²) in [5.41, 5.74) is 5.51. The number of primary amides is 1. The lowest BCUT2D eigenvalue weighted by Crippen LogP contribution is -2.36. The van der Waals surface area contributed by atoms with Crippen LogP contribution in [0, 0.1) is 0 Å². The number of rotatable bonds is 3. The fourth-order valence-electron chi connectivity index (χ4n) is 0.864. The van der Waals surface area contributed by atoms with Crippen LogP contribution in [-0.4, -0.2) is 18.5 Å². The molecule has 1 aromatic carbocycles. The van der Waals surface area contributed by atoms with Gasteiger partial charge in [0, 0.05) is 5.69 Å². The van der Waals surface area contributed by atoms with Gasteiger partial charge in [0.15, 0.2) is 0 Å². The van der Waals surface area contributed by atoms with Gasteiger partial charge >= 0.3 is 6.03 Å². The molecule has 1 rings (SSSR count). The Bertz CT molecular complexity index is 324. The maximum Gasteiger partial charge on any atom is 0.319 e. The smallest absolute Gasteiger partial charge is 0.319 e. The summed E-state index contributed by atoms with van der Waals surface area (Å²) in [6, 6.07) is 8.46. The summed E-state index contributed by atoms with van der Waals surface area (Å²) < 4.78 is 0. The third-order valence-corrected chi connectivity index (χ3v) is 1.45. The van der Waals surface area contributed by atoms with Gasteiger partial charge in [0.05, 0.1) is 6.54 Å². The molecule has 14 heavy (non-hydrogen) atoms. The number of amides is 3. The fourth-order valence-corrected chi connectivity index (χ4v) is 0.864. The summed E-state index contributed by atoms with van der Waals surface area (Å²) >= 11 is 0. The zero-order chi connectivity index (χ0) is 10.4. The van der Waals surface area contributed by atoms with Crippen LogP contribution in [-0.2, 0) is 4.79 Å². The average molecular weight is 193 g/mol. The van der Waals surface area contributed by atoms with Gasteiger partial charge in [-0.15, -0.1) is 0 Å². The van der Waals surface area contributed by atoms with E-state index in [2.05, 4.69) is 10.6 Å². The molecule has 1 aromatic rings. The quantitative estimate of drug-likeness (QED) is 0.644. The molecule has 0 aliphatic rings. The van der Waals surface area contributed by atoms with E-state index in [0.29, 0.717) is 5.69 Å². The standard InChI is InChI=1S/C9H11N3O2/c10-8(13)6-11-9(14)12-7-4-2-1-3-5-7/h1-5H,6H2,(H2,10,13)(H2,11,12,14). The van der Waals surface area contributed by atoms with Gasteiger partial charge in [-0.3, -0.25) is 4.79 Å². The number of hydrogen-bond donors (Lipinski definition) is 3. The summed E-state index contributed by atoms with van der Waals surface area (Å²) in [6.07, 6.45) is 0. The van der Waals surface area contributed by atoms with E-state index in [4.69, 9.17) is 5.73 Å². The lowest BCUT2D eigenvalue weighted by atomic mass is 10.3. The Morgan fingerprint density at radius 1 is 1.21 bits per heavy atom. The molecule has 0 atom stereocenters. The van der Waals surface area contributed by atoms with Crippen molar-refractivity contribution in [3.8, 4) is 0 Å². The third kappa shape index (κ3) is 3.57. The van der Waals surface area contributed by atoms with Gasteiger partial charge in [-0.1, -0.05) is 18.2 Å². The van der Waals surface area contributed by atoms with Crippen LogP contribution in [0.15, 0.2) is 30.3 Å². The molecule has 0 unspecified atom stereocenters. The van der Waals surface area contributed by atoms with Gasteiger partial charge in [-0.2, -0.15) is 0 Å². The molecule has 5 heteroatoms. The van der Waals surface area contributed by atoms with Gasteiger partial charge in [0.1, 0.15) is 0 Å². The van der Waals surface area contributed by atoms with Crippen molar-refractivity contribution in [2.75, 3.05) is 11.9 Å². The minimum Gasteiger partial charge on any atom is -0.368 e. The maximum absolute atomic E-state index is 11.1. The Hall–Kier alpha value is -2.04. The number of carbonyl (C=O) groups is 2. The SMILES string of the molecule is NC(=O)CNC(=O)Nc1ccccc1. The highest BCUT2D eigenvalue weighted by Gasteiger charge is 2.01. The van der Waals surface area contributed by atoms with Crippen molar-refractivity contribution in [3.63, 3.8) is 0 Å². The van der Waals surface area contributed by atoms with Gasteiger partial charge in [0.25, 0.3) is 0 Å². The Balaban J connectivity index is 2.38. The molecule has 0 aromatic heterocycles. The molecule has 0 heterocycles. The monoisotopic (exact) mass is 193 g/mol. The largest absolute Gasteiger partial charge is 0.368 e. The van der Waals surface area contributed by atoms with Crippen molar-refractivity contribution in [2.24, 2.45) is 5.73 Å². The lowest BCUT2D eigenvalue weighted by Gasteiger charge is -2.04. The molecule has 0 fully saturated rings. The molecule has 4 N–H and O–H groups in total. The Morgan fingerprint density at radius 2 is 1.86 bits per heavy atom. The number of hydrogen-bond acceptors (Lipinski definition) is 2. The normalized spacial score (nSPS) is 9.14. The predicted octanol–water partition coefficient (Wildman–Crippen LogP) is 0.293. The van der Waals surface area contributed by atoms with Crippen LogP contribution in [0.4, 0.5) is 10.5 Å². The zero-order valence-electron chi connectivity index (χ0n) is 7.49. The maximum atomic E-state index is 11.1. The lowest BCUT2D eigenvalue weighted by molar-refractivity contribution is -0.117. The zero-order valence-corrected chi connectivity index (χ0v) is 7.49. The molecular weight excluding hydrogens is 182 g/mol. The number of anilines is 1. The predicted molar refractivity (Wildman–Crippen MR) is 52.7 cm³/mol. The number of benzene rings is 1. The summed E-state index contributed by atoms with van der Waals surface area (Å²) in [6.45, 7) is -0.168. The molecule has 0 bridgehead atoms. The first-order chi connectivity index (χ1) is 6.68. The van der Waals surface area contributed by atoms with E-state index >= 15 is 0 Å². The van der Waals surface area contributed by atoms with Crippen molar-refractivity contribution in [1.82, 2.24) is 5.32 Å². The van der Waals surface area contributed by atoms with Crippen molar-refractivity contribution >= 4 is 17.6 Å². The summed E-state index contributed by atoms with van der Waals surface area (Å²) in [7, 11) is 0. The average Bonchev–Trinajstić information content (AvgIpc) is 2.16. The number of para-hydroxylation sites is 1. The number of nitrogens with one attached hydrogen (secondary N) is 2. The highest BCUT2D eigenvalue weighted by Crippen LogP contribution is 2.03. The second-order valence-electron chi connectivity index (χ2n) is 2.64. The molecule has 0 radical (unpaired) electrons. The molecule has 3 amide bonds. The molecule has 0 saturated heterocycles. The molecule has 5 nitrogen and oxygen atoms in total. The van der Waals surface area contributed by atoms with Crippen LogP contribution in [0.25, 0.3) is 0 Å². The van der Waals surface area contributed by atoms with Crippen molar-refractivity contribution in [2.45, 2.75) is 0 Å². The first-order valence-electron chi connectivity index (χ1n) is 4.06. The van der Waals surface area contributed by atoms with Crippen molar-refractivity contribution in [1.29, 1.82) is 0 Å². The van der Waals surface area contributed by atoms with Gasteiger partial charge < -0.3 is 16.4 Å². The minimum atomic E-state index is -0.576. The molecule has 0 spiro atoms. The number of urea groups is 1. The van der Waals surface area contributed by atoms with Crippen LogP contribution >= 0.6 is 0 Å². The summed E-state index contributed by atoms with van der Waals surface area (Å²) in [4.78, 5) is 21.4. The van der Waals surface area contributed by atoms with Crippen LogP contribution in [0.1, 0.15) is 0 Å². The van der Waals surface area contributed by atoms with E-state index in [-0.39, 0.29) is 6.54 Å². The van der Waals surface area contributed by atoms with Gasteiger partial charge in [-0.25, -0.2) is 4.79 Å². The second kappa shape index (κ2) is 4.86. The molecule has 0 aliphatic heterocycles. The van der Waals surface area contributed by atoms with Gasteiger partial charge in [-0.05, 0) is 12.1 Å². The minimum absolute atomic E-state index is 0.168. The van der Waals surface area contributed by atoms with E-state index < -0.39 is 11.9 Å². The molecule has 74 valence electrons. The van der Waals surface area contributed by atoms with E-state index in [0.717, 1.165) is 0 Å². The molecular formula is C9H11N3O2. The van der Waals surface area contributed by atoms with Crippen LogP contribution in [0.3, 0.4) is 0 Å². The second-order valence-corrected chi connectivity index (χ2v) is 2.64. The first kappa shape index (κ1) is 10.0.